The van der Waals surface area contributed by atoms with Crippen LogP contribution in [0.25, 0.3) is 0 Å². The summed E-state index contributed by atoms with van der Waals surface area (Å²) in [5, 5.41) is 57.5. The zero-order chi connectivity index (χ0) is 39.8. The molecule has 0 bridgehead atoms. The van der Waals surface area contributed by atoms with E-state index in [0.29, 0.717) is 38.5 Å². The lowest BCUT2D eigenvalue weighted by Gasteiger charge is -2.59. The van der Waals surface area contributed by atoms with Gasteiger partial charge in [-0.15, -0.1) is 0 Å². The maximum Gasteiger partial charge on any atom is 0.326 e. The molecule has 3 fully saturated rings. The van der Waals surface area contributed by atoms with Gasteiger partial charge in [0.1, 0.15) is 6.04 Å². The van der Waals surface area contributed by atoms with Crippen LogP contribution in [0.15, 0.2) is 23.8 Å². The van der Waals surface area contributed by atoms with Gasteiger partial charge in [-0.1, -0.05) is 31.9 Å². The normalized spacial score (nSPS) is 30.5. The summed E-state index contributed by atoms with van der Waals surface area (Å²) in [6.45, 7) is 2.59. The number of carbonyl (C=O) groups is 6. The van der Waals surface area contributed by atoms with Gasteiger partial charge in [0.2, 0.25) is 11.7 Å². The summed E-state index contributed by atoms with van der Waals surface area (Å²) in [4.78, 5) is 85.9. The van der Waals surface area contributed by atoms with Gasteiger partial charge in [0.15, 0.2) is 18.0 Å². The number of aliphatic hydroxyl groups is 1. The van der Waals surface area contributed by atoms with E-state index in [4.69, 9.17) is 30.3 Å². The van der Waals surface area contributed by atoms with E-state index >= 15 is 0 Å². The lowest BCUT2D eigenvalue weighted by Crippen LogP contribution is -2.63. The van der Waals surface area contributed by atoms with Crippen LogP contribution in [0.3, 0.4) is 0 Å². The molecule has 4 aliphatic rings. The van der Waals surface area contributed by atoms with Gasteiger partial charge < -0.3 is 25.0 Å². The Bertz CT molecular complexity index is 1480. The average Bonchev–Trinajstić information content (AvgIpc) is 3.38. The highest BCUT2D eigenvalue weighted by atomic mass is 17.1. The number of fused-ring (bicyclic) bond motifs is 5. The minimum absolute atomic E-state index is 0.00935. The Morgan fingerprint density at radius 3 is 2.30 bits per heavy atom. The molecule has 19 heteroatoms. The van der Waals surface area contributed by atoms with Gasteiger partial charge in [-0.25, -0.2) is 4.79 Å². The summed E-state index contributed by atoms with van der Waals surface area (Å²) in [6, 6.07) is -1.67. The Balaban J connectivity index is 1.46. The number of carboxylic acid groups (broad SMARTS) is 1. The Kier molecular flexibility index (Phi) is 14.6. The molecule has 19 nitrogen and oxygen atoms in total. The topological polar surface area (TPSA) is 279 Å². The van der Waals surface area contributed by atoms with Crippen LogP contribution in [-0.2, 0) is 47.9 Å². The molecule has 3 unspecified atom stereocenters. The van der Waals surface area contributed by atoms with Crippen LogP contribution < -0.4 is 5.32 Å². The molecular formula is C35H51N3O16. The molecule has 54 heavy (non-hydrogen) atoms. The van der Waals surface area contributed by atoms with Crippen molar-refractivity contribution in [1.29, 1.82) is 0 Å². The quantitative estimate of drug-likeness (QED) is 0.0529. The minimum Gasteiger partial charge on any atom is -0.480 e. The first kappa shape index (κ1) is 43.1. The van der Waals surface area contributed by atoms with Crippen molar-refractivity contribution in [1.82, 2.24) is 16.1 Å². The molecule has 0 heterocycles. The Labute approximate surface area is 311 Å². The monoisotopic (exact) mass is 769 g/mol. The molecule has 302 valence electrons. The van der Waals surface area contributed by atoms with Gasteiger partial charge in [0.05, 0.1) is 36.5 Å². The molecule has 7 N–H and O–H groups in total. The zero-order valence-electron chi connectivity index (χ0n) is 30.4. The summed E-state index contributed by atoms with van der Waals surface area (Å²) >= 11 is 0. The molecule has 0 radical (unpaired) electrons. The fourth-order valence-electron chi connectivity index (χ4n) is 9.27. The highest BCUT2D eigenvalue weighted by Crippen LogP contribution is 2.68. The molecule has 4 aliphatic carbocycles. The number of rotatable bonds is 20. The van der Waals surface area contributed by atoms with Crippen LogP contribution >= 0.6 is 0 Å². The first-order valence-corrected chi connectivity index (χ1v) is 18.1. The van der Waals surface area contributed by atoms with E-state index in [9.17, 15) is 39.0 Å². The number of hydrogen-bond donors (Lipinski definition) is 7. The highest BCUT2D eigenvalue weighted by Gasteiger charge is 2.70. The fraction of sp³-hybridized carbons (Fsp3) is 0.714. The number of aliphatic carboxylic acids is 1. The molecule has 0 saturated heterocycles. The van der Waals surface area contributed by atoms with E-state index in [1.165, 1.54) is 6.08 Å². The van der Waals surface area contributed by atoms with Crippen LogP contribution in [0.2, 0.25) is 0 Å². The van der Waals surface area contributed by atoms with Crippen molar-refractivity contribution in [2.75, 3.05) is 19.8 Å². The van der Waals surface area contributed by atoms with Crippen LogP contribution in [0.1, 0.15) is 90.9 Å². The van der Waals surface area contributed by atoms with E-state index in [-0.39, 0.29) is 68.9 Å². The number of ether oxygens (including phenoxy) is 2. The minimum atomic E-state index is -1.85. The van der Waals surface area contributed by atoms with Crippen molar-refractivity contribution in [3.63, 3.8) is 0 Å². The number of ketones is 2. The van der Waals surface area contributed by atoms with Gasteiger partial charge in [0, 0.05) is 29.6 Å². The maximum absolute atomic E-state index is 14.3. The summed E-state index contributed by atoms with van der Waals surface area (Å²) in [5.74, 6) is -5.59. The van der Waals surface area contributed by atoms with Crippen molar-refractivity contribution in [2.45, 2.75) is 109 Å². The van der Waals surface area contributed by atoms with E-state index in [2.05, 4.69) is 15.0 Å². The first-order valence-electron chi connectivity index (χ1n) is 18.1. The third-order valence-electron chi connectivity index (χ3n) is 11.7. The number of esters is 2. The second kappa shape index (κ2) is 18.3. The smallest absolute Gasteiger partial charge is 0.326 e. The van der Waals surface area contributed by atoms with Gasteiger partial charge in [-0.2, -0.15) is 0 Å². The Morgan fingerprint density at radius 1 is 0.944 bits per heavy atom. The second-order valence-electron chi connectivity index (χ2n) is 14.9. The molecule has 0 aromatic rings. The number of nitrogens with one attached hydrogen (secondary N) is 1. The molecule has 0 aromatic carbocycles. The van der Waals surface area contributed by atoms with Crippen LogP contribution in [0, 0.1) is 28.6 Å². The average molecular weight is 770 g/mol. The summed E-state index contributed by atoms with van der Waals surface area (Å²) in [7, 11) is 0. The lowest BCUT2D eigenvalue weighted by molar-refractivity contribution is -0.492. The van der Waals surface area contributed by atoms with Crippen molar-refractivity contribution < 1.29 is 79.0 Å². The number of carboxylic acids is 1. The molecular weight excluding hydrogens is 718 g/mol. The van der Waals surface area contributed by atoms with Gasteiger partial charge in [-0.3, -0.25) is 54.5 Å². The summed E-state index contributed by atoms with van der Waals surface area (Å²) < 4.78 is 11.3. The predicted molar refractivity (Wildman–Crippen MR) is 177 cm³/mol. The summed E-state index contributed by atoms with van der Waals surface area (Å²) in [5.41, 5.74) is -2.64. The number of allylic oxidation sites excluding steroid dienone is 4. The predicted octanol–water partition coefficient (Wildman–Crippen LogP) is 1.98. The third kappa shape index (κ3) is 9.76. The number of hydrogen-bond acceptors (Lipinski definition) is 17. The summed E-state index contributed by atoms with van der Waals surface area (Å²) in [6.07, 6.45) is 5.71. The fourth-order valence-corrected chi connectivity index (χ4v) is 9.27. The van der Waals surface area contributed by atoms with Crippen molar-refractivity contribution in [3.8, 4) is 0 Å². The Morgan fingerprint density at radius 2 is 1.63 bits per heavy atom. The van der Waals surface area contributed by atoms with Crippen LogP contribution in [0.5, 0.6) is 0 Å². The second-order valence-corrected chi connectivity index (χ2v) is 14.9. The SMILES string of the molecule is C[C@]12C=CC(=O)C=C1CCC1C3CC[C@](OC(=O)CCCON(O)O)(C(=O)COC(=O)CC(NC(=O)CCCCCON(O)O)C(=O)O)[C@@]3(C)C[C@H](O)[C@@H]12. The highest BCUT2D eigenvalue weighted by molar-refractivity contribution is 6.01. The molecule has 4 rings (SSSR count). The van der Waals surface area contributed by atoms with Gasteiger partial charge >= 0.3 is 17.9 Å². The van der Waals surface area contributed by atoms with Crippen molar-refractivity contribution in [2.24, 2.45) is 28.6 Å². The zero-order valence-corrected chi connectivity index (χ0v) is 30.4. The molecule has 0 aliphatic heterocycles. The molecule has 3 saturated carbocycles. The standard InChI is InChI=1S/C35H51N3O16/c1-33-13-11-22(39)17-21(33)9-10-23-24-12-14-35(34(24,2)19-26(40)31(23)33,54-29(43)8-6-16-53-38(49)50)27(41)20-51-30(44)18-25(32(45)46)36-28(42)7-4-3-5-15-52-37(47)48/h11,13,17,23-26,31,40,47-50H,3-10,12,14-16,18-20H2,1-2H3,(H,36,42)(H,45,46)/t23?,24?,25?,26-,31+,33-,34-,35-/m0/s1. The maximum atomic E-state index is 14.3. The molecule has 1 amide bonds. The number of Topliss-reactive ketones (excluding diaryl/α,β-unsaturated/α-hetero) is 1. The van der Waals surface area contributed by atoms with E-state index in [1.54, 1.807) is 13.0 Å². The molecule has 0 aromatic heterocycles. The lowest BCUT2D eigenvalue weighted by atomic mass is 9.46. The van der Waals surface area contributed by atoms with E-state index in [0.717, 1.165) is 5.57 Å². The first-order chi connectivity index (χ1) is 25.4. The number of amides is 1. The Hall–Kier alpha value is -3.66. The number of carbonyl (C=O) groups excluding carboxylic acids is 5. The van der Waals surface area contributed by atoms with Gasteiger partial charge in [-0.05, 0) is 75.4 Å². The number of nitrogens with zero attached hydrogens (tertiary/aromatic N) is 2. The van der Waals surface area contributed by atoms with Gasteiger partial charge in [0.25, 0.3) is 0 Å². The number of unbranched alkanes of at least 4 members (excludes halogenated alkanes) is 2. The van der Waals surface area contributed by atoms with Crippen LogP contribution in [0.4, 0.5) is 0 Å². The molecule has 0 spiro atoms. The third-order valence-corrected chi connectivity index (χ3v) is 11.7. The van der Waals surface area contributed by atoms with Crippen molar-refractivity contribution in [3.05, 3.63) is 23.8 Å². The van der Waals surface area contributed by atoms with E-state index in [1.807, 2.05) is 13.0 Å². The van der Waals surface area contributed by atoms with Crippen molar-refractivity contribution >= 4 is 35.4 Å². The van der Waals surface area contributed by atoms with E-state index < -0.39 is 82.0 Å². The van der Waals surface area contributed by atoms with Crippen LogP contribution in [-0.4, -0.2) is 115 Å². The number of aliphatic hydroxyl groups excluding tert-OH is 1. The largest absolute Gasteiger partial charge is 0.480 e. The molecule has 8 atom stereocenters.